The van der Waals surface area contributed by atoms with Crippen LogP contribution in [-0.4, -0.2) is 41.1 Å². The van der Waals surface area contributed by atoms with Gasteiger partial charge in [-0.25, -0.2) is 4.79 Å². The molecule has 3 aliphatic carbocycles. The largest absolute Gasteiger partial charge is 0.456 e. The van der Waals surface area contributed by atoms with Crippen molar-refractivity contribution in [2.75, 3.05) is 6.61 Å². The molecule has 0 radical (unpaired) electrons. The van der Waals surface area contributed by atoms with Gasteiger partial charge in [-0.2, -0.15) is 0 Å². The second-order valence-electron chi connectivity index (χ2n) is 9.59. The van der Waals surface area contributed by atoms with Gasteiger partial charge in [-0.3, -0.25) is 19.3 Å². The number of likely N-dealkylation sites (tertiary alicyclic amines) is 1. The lowest BCUT2D eigenvalue weighted by molar-refractivity contribution is -0.157. The molecule has 37 heavy (non-hydrogen) atoms. The second kappa shape index (κ2) is 8.27. The molecule has 3 atom stereocenters. The van der Waals surface area contributed by atoms with Crippen LogP contribution in [0.4, 0.5) is 0 Å². The van der Waals surface area contributed by atoms with Gasteiger partial charge in [0.25, 0.3) is 0 Å². The van der Waals surface area contributed by atoms with Crippen molar-refractivity contribution >= 4 is 46.8 Å². The van der Waals surface area contributed by atoms with E-state index in [1.165, 1.54) is 6.92 Å². The molecule has 0 saturated carbocycles. The molecule has 6 nitrogen and oxygen atoms in total. The van der Waals surface area contributed by atoms with Crippen LogP contribution in [-0.2, 0) is 28.9 Å². The lowest BCUT2D eigenvalue weighted by atomic mass is 9.54. The van der Waals surface area contributed by atoms with Gasteiger partial charge in [-0.05, 0) is 29.2 Å². The van der Waals surface area contributed by atoms with Gasteiger partial charge in [0, 0.05) is 5.56 Å². The summed E-state index contributed by atoms with van der Waals surface area (Å²) in [5, 5.41) is 0. The Bertz CT molecular complexity index is 1360. The number of ether oxygens (including phenoxy) is 1. The molecule has 4 aliphatic rings. The Morgan fingerprint density at radius 1 is 0.784 bits per heavy atom. The minimum absolute atomic E-state index is 0.391. The van der Waals surface area contributed by atoms with Crippen LogP contribution >= 0.6 is 23.2 Å². The van der Waals surface area contributed by atoms with E-state index in [0.29, 0.717) is 27.8 Å². The normalized spacial score (nSPS) is 27.8. The van der Waals surface area contributed by atoms with Crippen molar-refractivity contribution in [1.82, 2.24) is 4.90 Å². The number of benzene rings is 3. The fourth-order valence-electron chi connectivity index (χ4n) is 6.14. The van der Waals surface area contributed by atoms with Crippen LogP contribution in [0.1, 0.15) is 39.5 Å². The zero-order chi connectivity index (χ0) is 26.1. The predicted molar refractivity (Wildman–Crippen MR) is 136 cm³/mol. The number of Topliss-reactive ketones (excluding diaryl/α,β-unsaturated/α-hetero) is 1. The van der Waals surface area contributed by atoms with E-state index in [4.69, 9.17) is 27.9 Å². The lowest BCUT2D eigenvalue weighted by Crippen LogP contribution is -2.57. The molecule has 1 saturated heterocycles. The van der Waals surface area contributed by atoms with Crippen molar-refractivity contribution in [1.29, 1.82) is 0 Å². The molecule has 2 amide bonds. The van der Waals surface area contributed by atoms with Crippen molar-refractivity contribution < 1.29 is 23.9 Å². The minimum Gasteiger partial charge on any atom is -0.456 e. The Balaban J connectivity index is 1.35. The molecule has 0 spiro atoms. The third-order valence-electron chi connectivity index (χ3n) is 7.79. The molecule has 186 valence electrons. The number of ketones is 1. The molecule has 2 bridgehead atoms. The standard InChI is InChI=1S/C29H21Cl2NO5/c1-16(27(36)37-15-22(33)17-9-3-2-4-10-17)32-25(34)23-24(26(32)35)29(31)19-12-6-5-11-18(19)28(23,30)20-13-7-8-14-21(20)29/h2-14,16,23-24H,15H2,1H3/t16-,23+,24+,28?,29?/m1/s1. The fraction of sp³-hybridized carbons (Fsp3) is 0.241. The molecule has 3 aromatic rings. The summed E-state index contributed by atoms with van der Waals surface area (Å²) in [4.78, 5) is 51.4. The van der Waals surface area contributed by atoms with Crippen molar-refractivity contribution in [3.8, 4) is 0 Å². The number of imide groups is 1. The SMILES string of the molecule is C[C@H](C(=O)OCC(=O)c1ccccc1)N1C(=O)[C@@H]2[C@@H](C1=O)C1(Cl)c3ccccc3C2(Cl)c2ccccc21. The van der Waals surface area contributed by atoms with Gasteiger partial charge in [0.1, 0.15) is 15.8 Å². The quantitative estimate of drug-likeness (QED) is 0.210. The van der Waals surface area contributed by atoms with Crippen LogP contribution in [0.2, 0.25) is 0 Å². The van der Waals surface area contributed by atoms with Gasteiger partial charge in [-0.15, -0.1) is 23.2 Å². The predicted octanol–water partition coefficient (Wildman–Crippen LogP) is 4.39. The van der Waals surface area contributed by atoms with E-state index < -0.39 is 57.8 Å². The van der Waals surface area contributed by atoms with Crippen LogP contribution in [0.3, 0.4) is 0 Å². The van der Waals surface area contributed by atoms with Crippen LogP contribution in [0.15, 0.2) is 78.9 Å². The molecule has 0 N–H and O–H groups in total. The highest BCUT2D eigenvalue weighted by Gasteiger charge is 2.73. The number of carbonyl (C=O) groups excluding carboxylic acids is 4. The topological polar surface area (TPSA) is 80.8 Å². The maximum atomic E-state index is 13.9. The summed E-state index contributed by atoms with van der Waals surface area (Å²) in [7, 11) is 0. The Morgan fingerprint density at radius 3 is 1.62 bits per heavy atom. The first kappa shape index (κ1) is 23.9. The third kappa shape index (κ3) is 3.06. The summed E-state index contributed by atoms with van der Waals surface area (Å²) < 4.78 is 5.23. The highest BCUT2D eigenvalue weighted by molar-refractivity contribution is 6.36. The van der Waals surface area contributed by atoms with Crippen LogP contribution < -0.4 is 0 Å². The molecule has 1 fully saturated rings. The van der Waals surface area contributed by atoms with Crippen LogP contribution in [0.25, 0.3) is 0 Å². The average Bonchev–Trinajstić information content (AvgIpc) is 3.21. The molecule has 0 aromatic heterocycles. The van der Waals surface area contributed by atoms with E-state index in [-0.39, 0.29) is 0 Å². The summed E-state index contributed by atoms with van der Waals surface area (Å²) in [6, 6.07) is 21.8. The number of hydrogen-bond donors (Lipinski definition) is 0. The van der Waals surface area contributed by atoms with Gasteiger partial charge in [-0.1, -0.05) is 78.9 Å². The van der Waals surface area contributed by atoms with Crippen LogP contribution in [0.5, 0.6) is 0 Å². The van der Waals surface area contributed by atoms with Gasteiger partial charge >= 0.3 is 5.97 Å². The minimum atomic E-state index is -1.33. The molecule has 7 rings (SSSR count). The zero-order valence-electron chi connectivity index (χ0n) is 19.7. The Morgan fingerprint density at radius 2 is 1.19 bits per heavy atom. The van der Waals surface area contributed by atoms with Crippen LogP contribution in [0, 0.1) is 11.8 Å². The van der Waals surface area contributed by atoms with E-state index in [1.54, 1.807) is 30.3 Å². The molecule has 1 aliphatic heterocycles. The van der Waals surface area contributed by atoms with E-state index >= 15 is 0 Å². The third-order valence-corrected chi connectivity index (χ3v) is 9.07. The molecular formula is C29H21Cl2NO5. The maximum Gasteiger partial charge on any atom is 0.329 e. The molecule has 3 aromatic carbocycles. The monoisotopic (exact) mass is 533 g/mol. The fourth-order valence-corrected chi connectivity index (χ4v) is 7.24. The molecular weight excluding hydrogens is 513 g/mol. The first-order chi connectivity index (χ1) is 17.7. The van der Waals surface area contributed by atoms with Crippen molar-refractivity contribution in [3.05, 3.63) is 107 Å². The Kier molecular flexibility index (Phi) is 5.34. The lowest BCUT2D eigenvalue weighted by Gasteiger charge is -2.54. The number of esters is 1. The highest BCUT2D eigenvalue weighted by Crippen LogP contribution is 2.69. The number of halogens is 2. The summed E-state index contributed by atoms with van der Waals surface area (Å²) in [6.07, 6.45) is 0. The van der Waals surface area contributed by atoms with Gasteiger partial charge in [0.05, 0.1) is 11.8 Å². The Labute approximate surface area is 223 Å². The molecule has 8 heteroatoms. The number of hydrogen-bond acceptors (Lipinski definition) is 5. The summed E-state index contributed by atoms with van der Waals surface area (Å²) in [5.41, 5.74) is 3.11. The number of nitrogens with zero attached hydrogens (tertiary/aromatic N) is 1. The summed E-state index contributed by atoms with van der Waals surface area (Å²) >= 11 is 14.8. The van der Waals surface area contributed by atoms with Crippen molar-refractivity contribution in [2.24, 2.45) is 11.8 Å². The Hall–Kier alpha value is -3.48. The van der Waals surface area contributed by atoms with Crippen molar-refractivity contribution in [2.45, 2.75) is 22.7 Å². The number of amides is 2. The van der Waals surface area contributed by atoms with Gasteiger partial charge < -0.3 is 4.74 Å². The first-order valence-electron chi connectivity index (χ1n) is 11.9. The first-order valence-corrected chi connectivity index (χ1v) is 12.7. The highest BCUT2D eigenvalue weighted by atomic mass is 35.5. The van der Waals surface area contributed by atoms with E-state index in [9.17, 15) is 19.2 Å². The van der Waals surface area contributed by atoms with E-state index in [2.05, 4.69) is 0 Å². The zero-order valence-corrected chi connectivity index (χ0v) is 21.2. The molecule has 1 heterocycles. The second-order valence-corrected chi connectivity index (χ2v) is 10.8. The van der Waals surface area contributed by atoms with Crippen molar-refractivity contribution in [3.63, 3.8) is 0 Å². The molecule has 0 unspecified atom stereocenters. The summed E-state index contributed by atoms with van der Waals surface area (Å²) in [6.45, 7) is 0.901. The van der Waals surface area contributed by atoms with Gasteiger partial charge in [0.2, 0.25) is 11.8 Å². The summed E-state index contributed by atoms with van der Waals surface area (Å²) in [5.74, 6) is -4.44. The number of rotatable bonds is 5. The number of carbonyl (C=O) groups is 4. The maximum absolute atomic E-state index is 13.9. The van der Waals surface area contributed by atoms with E-state index in [1.807, 2.05) is 48.5 Å². The smallest absolute Gasteiger partial charge is 0.329 e. The number of alkyl halides is 2. The average molecular weight is 534 g/mol. The van der Waals surface area contributed by atoms with Gasteiger partial charge in [0.15, 0.2) is 12.4 Å². The van der Waals surface area contributed by atoms with E-state index in [0.717, 1.165) is 4.90 Å².